The van der Waals surface area contributed by atoms with Gasteiger partial charge in [-0.3, -0.25) is 0 Å². The number of benzene rings is 3. The fraction of sp³-hybridized carbons (Fsp3) is 0.103. The van der Waals surface area contributed by atoms with Crippen LogP contribution in [0.2, 0.25) is 0 Å². The first kappa shape index (κ1) is 21.0. The van der Waals surface area contributed by atoms with Crippen LogP contribution in [-0.2, 0) is 0 Å². The van der Waals surface area contributed by atoms with Crippen LogP contribution in [-0.4, -0.2) is 10.2 Å². The van der Waals surface area contributed by atoms with E-state index in [9.17, 15) is 0 Å². The molecule has 30 heavy (non-hydrogen) atoms. The van der Waals surface area contributed by atoms with Gasteiger partial charge in [0, 0.05) is 21.9 Å². The van der Waals surface area contributed by atoms with Gasteiger partial charge in [0.1, 0.15) is 0 Å². The second kappa shape index (κ2) is 10.2. The predicted molar refractivity (Wildman–Crippen MR) is 131 cm³/mol. The third-order valence-electron chi connectivity index (χ3n) is 4.59. The average molecular weight is 401 g/mol. The van der Waals surface area contributed by atoms with Crippen LogP contribution in [0, 0.1) is 56.3 Å². The molecule has 3 aromatic rings. The van der Waals surface area contributed by atoms with Gasteiger partial charge in [-0.1, -0.05) is 88.6 Å². The lowest BCUT2D eigenvalue weighted by molar-refractivity contribution is 1.46. The summed E-state index contributed by atoms with van der Waals surface area (Å²) < 4.78 is 0. The summed E-state index contributed by atoms with van der Waals surface area (Å²) in [5.41, 5.74) is 7.46. The van der Waals surface area contributed by atoms with Gasteiger partial charge in [-0.15, -0.1) is 0 Å². The molecule has 1 heteroatoms. The maximum atomic E-state index is 3.30. The molecule has 0 amide bonds. The maximum absolute atomic E-state index is 3.30. The SMILES string of the molecule is Cc1ccc(C#CC([SiH3])=C(C#Cc2ccc(C)cc2)C#Cc2ccc(C)cc2)cc1. The summed E-state index contributed by atoms with van der Waals surface area (Å²) in [7, 11) is 0.783. The van der Waals surface area contributed by atoms with E-state index < -0.39 is 0 Å². The fourth-order valence-electron chi connectivity index (χ4n) is 2.63. The van der Waals surface area contributed by atoms with Crippen molar-refractivity contribution in [2.75, 3.05) is 0 Å². The summed E-state index contributed by atoms with van der Waals surface area (Å²) in [5.74, 6) is 19.6. The Morgan fingerprint density at radius 3 is 1.13 bits per heavy atom. The van der Waals surface area contributed by atoms with Crippen molar-refractivity contribution in [1.29, 1.82) is 0 Å². The number of hydrogen-bond acceptors (Lipinski definition) is 0. The van der Waals surface area contributed by atoms with Crippen LogP contribution in [0.3, 0.4) is 0 Å². The zero-order valence-corrected chi connectivity index (χ0v) is 19.9. The molecule has 0 nitrogen and oxygen atoms in total. The Morgan fingerprint density at radius 2 is 0.800 bits per heavy atom. The molecule has 0 saturated carbocycles. The molecule has 144 valence electrons. The monoisotopic (exact) mass is 400 g/mol. The molecule has 0 aliphatic carbocycles. The van der Waals surface area contributed by atoms with Crippen molar-refractivity contribution in [3.63, 3.8) is 0 Å². The van der Waals surface area contributed by atoms with Gasteiger partial charge in [0.05, 0.1) is 15.8 Å². The maximum Gasteiger partial charge on any atom is 0.0814 e. The minimum atomic E-state index is 0.783. The quantitative estimate of drug-likeness (QED) is 0.379. The molecular formula is C29H24Si. The minimum Gasteiger partial charge on any atom is -0.0698 e. The van der Waals surface area contributed by atoms with E-state index in [1.54, 1.807) is 0 Å². The van der Waals surface area contributed by atoms with Crippen molar-refractivity contribution in [2.24, 2.45) is 0 Å². The van der Waals surface area contributed by atoms with Gasteiger partial charge in [0.15, 0.2) is 0 Å². The highest BCUT2D eigenvalue weighted by Gasteiger charge is 1.95. The standard InChI is InChI=1S/C29H24Si/c1-22-4-10-25(11-5-22)16-19-28(20-17-26-12-6-23(2)7-13-26)29(30)21-18-27-14-8-24(3)9-15-27/h4-15H,1-3,30H3. The van der Waals surface area contributed by atoms with Crippen molar-refractivity contribution >= 4 is 10.2 Å². The van der Waals surface area contributed by atoms with Gasteiger partial charge in [0.2, 0.25) is 0 Å². The number of hydrogen-bond donors (Lipinski definition) is 0. The molecule has 3 rings (SSSR count). The summed E-state index contributed by atoms with van der Waals surface area (Å²) >= 11 is 0. The highest BCUT2D eigenvalue weighted by Crippen LogP contribution is 2.06. The summed E-state index contributed by atoms with van der Waals surface area (Å²) in [4.78, 5) is 0. The second-order valence-electron chi connectivity index (χ2n) is 7.35. The second-order valence-corrected chi connectivity index (χ2v) is 8.35. The zero-order valence-electron chi connectivity index (χ0n) is 17.9. The third-order valence-corrected chi connectivity index (χ3v) is 5.34. The smallest absolute Gasteiger partial charge is 0.0698 e. The van der Waals surface area contributed by atoms with E-state index in [0.29, 0.717) is 0 Å². The molecule has 0 atom stereocenters. The van der Waals surface area contributed by atoms with Crippen LogP contribution in [0.1, 0.15) is 33.4 Å². The molecule has 0 fully saturated rings. The van der Waals surface area contributed by atoms with Crippen LogP contribution in [0.25, 0.3) is 0 Å². The molecule has 0 saturated heterocycles. The first-order valence-electron chi connectivity index (χ1n) is 9.96. The van der Waals surface area contributed by atoms with Crippen molar-refractivity contribution in [2.45, 2.75) is 20.8 Å². The number of aryl methyl sites for hydroxylation is 3. The molecule has 0 heterocycles. The molecular weight excluding hydrogens is 376 g/mol. The topological polar surface area (TPSA) is 0 Å². The van der Waals surface area contributed by atoms with E-state index in [1.807, 2.05) is 36.4 Å². The van der Waals surface area contributed by atoms with Crippen molar-refractivity contribution in [1.82, 2.24) is 0 Å². The molecule has 0 radical (unpaired) electrons. The molecule has 3 aromatic carbocycles. The third kappa shape index (κ3) is 6.43. The van der Waals surface area contributed by atoms with Crippen molar-refractivity contribution in [3.05, 3.63) is 117 Å². The lowest BCUT2D eigenvalue weighted by Crippen LogP contribution is -1.87. The van der Waals surface area contributed by atoms with E-state index >= 15 is 0 Å². The molecule has 0 aliphatic heterocycles. The lowest BCUT2D eigenvalue weighted by Gasteiger charge is -1.95. The van der Waals surface area contributed by atoms with Crippen LogP contribution in [0.4, 0.5) is 0 Å². The van der Waals surface area contributed by atoms with Gasteiger partial charge in [-0.2, -0.15) is 0 Å². The van der Waals surface area contributed by atoms with E-state index in [0.717, 1.165) is 37.7 Å². The first-order valence-corrected chi connectivity index (χ1v) is 11.0. The van der Waals surface area contributed by atoms with Gasteiger partial charge in [-0.05, 0) is 57.2 Å². The summed E-state index contributed by atoms with van der Waals surface area (Å²) in [5, 5.41) is 1.01. The Labute approximate surface area is 183 Å². The predicted octanol–water partition coefficient (Wildman–Crippen LogP) is 4.69. The summed E-state index contributed by atoms with van der Waals surface area (Å²) in [6.45, 7) is 6.23. The Hall–Kier alpha value is -3.70. The fourth-order valence-corrected chi connectivity index (χ4v) is 3.00. The Bertz CT molecular complexity index is 1170. The van der Waals surface area contributed by atoms with Gasteiger partial charge < -0.3 is 0 Å². The summed E-state index contributed by atoms with van der Waals surface area (Å²) in [6.07, 6.45) is 0. The summed E-state index contributed by atoms with van der Waals surface area (Å²) in [6, 6.07) is 24.7. The molecule has 0 spiro atoms. The van der Waals surface area contributed by atoms with E-state index in [-0.39, 0.29) is 0 Å². The van der Waals surface area contributed by atoms with Crippen LogP contribution >= 0.6 is 0 Å². The van der Waals surface area contributed by atoms with E-state index in [1.165, 1.54) is 16.7 Å². The van der Waals surface area contributed by atoms with Crippen LogP contribution in [0.15, 0.2) is 83.6 Å². The van der Waals surface area contributed by atoms with Gasteiger partial charge >= 0.3 is 0 Å². The van der Waals surface area contributed by atoms with Gasteiger partial charge in [-0.25, -0.2) is 0 Å². The normalized spacial score (nSPS) is 9.30. The van der Waals surface area contributed by atoms with Crippen molar-refractivity contribution < 1.29 is 0 Å². The Morgan fingerprint density at radius 1 is 0.500 bits per heavy atom. The Balaban J connectivity index is 1.98. The minimum absolute atomic E-state index is 0.783. The van der Waals surface area contributed by atoms with Crippen molar-refractivity contribution in [3.8, 4) is 35.5 Å². The first-order chi connectivity index (χ1) is 14.5. The molecule has 0 aromatic heterocycles. The molecule has 0 bridgehead atoms. The van der Waals surface area contributed by atoms with Gasteiger partial charge in [0.25, 0.3) is 0 Å². The largest absolute Gasteiger partial charge is 0.0814 e. The average Bonchev–Trinajstić information content (AvgIpc) is 2.75. The van der Waals surface area contributed by atoms with E-state index in [2.05, 4.69) is 92.7 Å². The van der Waals surface area contributed by atoms with E-state index in [4.69, 9.17) is 0 Å². The number of allylic oxidation sites excluding steroid dienone is 2. The zero-order chi connectivity index (χ0) is 21.3. The highest BCUT2D eigenvalue weighted by atomic mass is 28.1. The molecule has 0 unspecified atom stereocenters. The Kier molecular flexibility index (Phi) is 7.13. The number of rotatable bonds is 0. The molecule has 0 aliphatic rings. The van der Waals surface area contributed by atoms with Crippen LogP contribution < -0.4 is 0 Å². The van der Waals surface area contributed by atoms with Crippen LogP contribution in [0.5, 0.6) is 0 Å². The highest BCUT2D eigenvalue weighted by molar-refractivity contribution is 6.25. The lowest BCUT2D eigenvalue weighted by atomic mass is 10.1. The molecule has 0 N–H and O–H groups in total.